The van der Waals surface area contributed by atoms with Gasteiger partial charge in [-0.3, -0.25) is 4.98 Å². The highest BCUT2D eigenvalue weighted by Gasteiger charge is 2.08. The Hall–Kier alpha value is -2.19. The lowest BCUT2D eigenvalue weighted by molar-refractivity contribution is 1.37. The molecular formula is C17H11NS. The van der Waals surface area contributed by atoms with Crippen LogP contribution in [0, 0.1) is 0 Å². The van der Waals surface area contributed by atoms with E-state index < -0.39 is 0 Å². The van der Waals surface area contributed by atoms with Crippen molar-refractivity contribution < 1.29 is 0 Å². The van der Waals surface area contributed by atoms with Crippen LogP contribution in [0.3, 0.4) is 0 Å². The van der Waals surface area contributed by atoms with Crippen molar-refractivity contribution in [1.29, 1.82) is 0 Å². The monoisotopic (exact) mass is 261 g/mol. The molecule has 0 saturated carbocycles. The molecule has 2 aromatic heterocycles. The lowest BCUT2D eigenvalue weighted by atomic mass is 10.0. The van der Waals surface area contributed by atoms with E-state index >= 15 is 0 Å². The molecule has 0 atom stereocenters. The van der Waals surface area contributed by atoms with Crippen molar-refractivity contribution in [3.8, 4) is 10.6 Å². The van der Waals surface area contributed by atoms with Gasteiger partial charge in [0.15, 0.2) is 0 Å². The third-order valence-corrected chi connectivity index (χ3v) is 4.30. The smallest absolute Gasteiger partial charge is 0.0880 e. The van der Waals surface area contributed by atoms with E-state index in [0.717, 1.165) is 5.69 Å². The quantitative estimate of drug-likeness (QED) is 0.433. The summed E-state index contributed by atoms with van der Waals surface area (Å²) in [7, 11) is 0. The second kappa shape index (κ2) is 4.18. The van der Waals surface area contributed by atoms with Crippen LogP contribution in [0.2, 0.25) is 0 Å². The van der Waals surface area contributed by atoms with Crippen molar-refractivity contribution in [2.24, 2.45) is 0 Å². The predicted molar refractivity (Wildman–Crippen MR) is 82.6 cm³/mol. The van der Waals surface area contributed by atoms with E-state index in [0.29, 0.717) is 0 Å². The zero-order chi connectivity index (χ0) is 12.7. The fraction of sp³-hybridized carbons (Fsp3) is 0. The highest BCUT2D eigenvalue weighted by atomic mass is 32.1. The summed E-state index contributed by atoms with van der Waals surface area (Å²) >= 11 is 1.73. The number of hydrogen-bond acceptors (Lipinski definition) is 2. The Balaban J connectivity index is 2.15. The minimum atomic E-state index is 1.08. The van der Waals surface area contributed by atoms with E-state index in [9.17, 15) is 0 Å². The maximum atomic E-state index is 4.57. The van der Waals surface area contributed by atoms with Crippen molar-refractivity contribution in [2.45, 2.75) is 0 Å². The molecule has 0 N–H and O–H groups in total. The average molecular weight is 261 g/mol. The van der Waals surface area contributed by atoms with E-state index in [4.69, 9.17) is 0 Å². The number of nitrogens with zero attached hydrogens (tertiary/aromatic N) is 1. The number of rotatable bonds is 1. The normalized spacial score (nSPS) is 11.2. The fourth-order valence-corrected chi connectivity index (χ4v) is 3.28. The fourth-order valence-electron chi connectivity index (χ4n) is 2.55. The second-order valence-corrected chi connectivity index (χ2v) is 5.47. The number of pyridine rings is 1. The molecule has 1 nitrogen and oxygen atoms in total. The molecule has 0 radical (unpaired) electrons. The third-order valence-electron chi connectivity index (χ3n) is 3.43. The van der Waals surface area contributed by atoms with Gasteiger partial charge in [0.05, 0.1) is 10.6 Å². The van der Waals surface area contributed by atoms with E-state index in [1.165, 1.54) is 26.4 Å². The number of aromatic nitrogens is 1. The molecule has 0 saturated heterocycles. The molecule has 4 rings (SSSR count). The van der Waals surface area contributed by atoms with E-state index in [-0.39, 0.29) is 0 Å². The van der Waals surface area contributed by atoms with Crippen LogP contribution < -0.4 is 0 Å². The van der Waals surface area contributed by atoms with Crippen molar-refractivity contribution >= 4 is 32.9 Å². The van der Waals surface area contributed by atoms with E-state index in [1.807, 2.05) is 6.20 Å². The molecule has 0 aliphatic carbocycles. The first-order valence-corrected chi connectivity index (χ1v) is 7.12. The predicted octanol–water partition coefficient (Wildman–Crippen LogP) is 5.12. The molecule has 2 aromatic carbocycles. The van der Waals surface area contributed by atoms with Crippen LogP contribution in [0.5, 0.6) is 0 Å². The first-order chi connectivity index (χ1) is 9.43. The van der Waals surface area contributed by atoms with Crippen LogP contribution >= 0.6 is 11.3 Å². The minimum absolute atomic E-state index is 1.08. The van der Waals surface area contributed by atoms with Gasteiger partial charge in [-0.1, -0.05) is 42.5 Å². The number of benzene rings is 2. The Morgan fingerprint density at radius 3 is 2.58 bits per heavy atom. The number of hydrogen-bond donors (Lipinski definition) is 0. The Morgan fingerprint density at radius 1 is 0.737 bits per heavy atom. The van der Waals surface area contributed by atoms with Crippen LogP contribution in [-0.2, 0) is 0 Å². The molecule has 0 amide bonds. The SMILES string of the molecule is c1csc(-c2nccc3c2ccc2ccccc23)c1. The average Bonchev–Trinajstić information content (AvgIpc) is 3.00. The van der Waals surface area contributed by atoms with Crippen molar-refractivity contribution in [3.05, 3.63) is 66.2 Å². The highest BCUT2D eigenvalue weighted by molar-refractivity contribution is 7.13. The summed E-state index contributed by atoms with van der Waals surface area (Å²) in [6.45, 7) is 0. The Labute approximate surface area is 115 Å². The molecule has 0 aliphatic heterocycles. The van der Waals surface area contributed by atoms with Gasteiger partial charge >= 0.3 is 0 Å². The Kier molecular flexibility index (Phi) is 2.35. The van der Waals surface area contributed by atoms with Crippen LogP contribution in [0.1, 0.15) is 0 Å². The molecule has 0 spiro atoms. The van der Waals surface area contributed by atoms with Gasteiger partial charge in [-0.2, -0.15) is 0 Å². The molecule has 4 aromatic rings. The van der Waals surface area contributed by atoms with Gasteiger partial charge in [0.1, 0.15) is 0 Å². The summed E-state index contributed by atoms with van der Waals surface area (Å²) < 4.78 is 0. The summed E-state index contributed by atoms with van der Waals surface area (Å²) in [4.78, 5) is 5.79. The molecule has 0 unspecified atom stereocenters. The minimum Gasteiger partial charge on any atom is -0.255 e. The van der Waals surface area contributed by atoms with Gasteiger partial charge in [0.25, 0.3) is 0 Å². The number of thiophene rings is 1. The summed E-state index contributed by atoms with van der Waals surface area (Å²) in [5, 5.41) is 7.16. The van der Waals surface area contributed by atoms with Crippen molar-refractivity contribution in [3.63, 3.8) is 0 Å². The Bertz CT molecular complexity index is 863. The summed E-state index contributed by atoms with van der Waals surface area (Å²) in [6, 6.07) is 19.2. The maximum Gasteiger partial charge on any atom is 0.0880 e. The standard InChI is InChI=1S/C17H11NS/c1-2-5-13-12(4-1)7-8-15-14(13)9-10-18-17(15)16-6-3-11-19-16/h1-11H. The van der Waals surface area contributed by atoms with Crippen LogP contribution in [0.25, 0.3) is 32.1 Å². The van der Waals surface area contributed by atoms with Crippen LogP contribution in [0.15, 0.2) is 66.2 Å². The summed E-state index contributed by atoms with van der Waals surface area (Å²) in [5.74, 6) is 0. The lowest BCUT2D eigenvalue weighted by Gasteiger charge is -2.07. The summed E-state index contributed by atoms with van der Waals surface area (Å²) in [6.07, 6.45) is 1.91. The molecule has 0 bridgehead atoms. The van der Waals surface area contributed by atoms with Gasteiger partial charge in [0, 0.05) is 11.6 Å². The molecule has 2 heteroatoms. The van der Waals surface area contributed by atoms with Crippen molar-refractivity contribution in [1.82, 2.24) is 4.98 Å². The van der Waals surface area contributed by atoms with E-state index in [1.54, 1.807) is 11.3 Å². The molecule has 2 heterocycles. The van der Waals surface area contributed by atoms with Crippen molar-refractivity contribution in [2.75, 3.05) is 0 Å². The third kappa shape index (κ3) is 1.65. The largest absolute Gasteiger partial charge is 0.255 e. The molecule has 0 aliphatic rings. The first kappa shape index (κ1) is 10.7. The lowest BCUT2D eigenvalue weighted by Crippen LogP contribution is -1.84. The first-order valence-electron chi connectivity index (χ1n) is 6.24. The Morgan fingerprint density at radius 2 is 1.68 bits per heavy atom. The maximum absolute atomic E-state index is 4.57. The van der Waals surface area contributed by atoms with Gasteiger partial charge in [-0.25, -0.2) is 0 Å². The van der Waals surface area contributed by atoms with Gasteiger partial charge in [0.2, 0.25) is 0 Å². The highest BCUT2D eigenvalue weighted by Crippen LogP contribution is 2.33. The number of fused-ring (bicyclic) bond motifs is 3. The van der Waals surface area contributed by atoms with Gasteiger partial charge in [-0.05, 0) is 33.7 Å². The molecular weight excluding hydrogens is 250 g/mol. The molecule has 0 fully saturated rings. The van der Waals surface area contributed by atoms with E-state index in [2.05, 4.69) is 65.0 Å². The topological polar surface area (TPSA) is 12.9 Å². The summed E-state index contributed by atoms with van der Waals surface area (Å²) in [5.41, 5.74) is 1.08. The second-order valence-electron chi connectivity index (χ2n) is 4.52. The molecule has 90 valence electrons. The zero-order valence-electron chi connectivity index (χ0n) is 10.2. The molecule has 19 heavy (non-hydrogen) atoms. The van der Waals surface area contributed by atoms with Crippen LogP contribution in [0.4, 0.5) is 0 Å². The van der Waals surface area contributed by atoms with Gasteiger partial charge in [-0.15, -0.1) is 11.3 Å². The van der Waals surface area contributed by atoms with Crippen LogP contribution in [-0.4, -0.2) is 4.98 Å². The zero-order valence-corrected chi connectivity index (χ0v) is 11.0. The van der Waals surface area contributed by atoms with Gasteiger partial charge < -0.3 is 0 Å².